The molecule has 0 amide bonds. The van der Waals surface area contributed by atoms with E-state index in [1.54, 1.807) is 11.3 Å². The molecule has 2 N–H and O–H groups in total. The van der Waals surface area contributed by atoms with Crippen molar-refractivity contribution in [2.45, 2.75) is 6.42 Å². The summed E-state index contributed by atoms with van der Waals surface area (Å²) in [4.78, 5) is 21.4. The first-order valence-electron chi connectivity index (χ1n) is 5.85. The Morgan fingerprint density at radius 2 is 2.20 bits per heavy atom. The Labute approximate surface area is 118 Å². The van der Waals surface area contributed by atoms with Crippen LogP contribution in [0.25, 0.3) is 0 Å². The van der Waals surface area contributed by atoms with Gasteiger partial charge in [-0.3, -0.25) is 10.1 Å². The number of nitrogens with zero attached hydrogens (tertiary/aromatic N) is 1. The predicted octanol–water partition coefficient (Wildman–Crippen LogP) is 3.01. The van der Waals surface area contributed by atoms with E-state index in [0.29, 0.717) is 6.54 Å². The molecule has 0 unspecified atom stereocenters. The first kappa shape index (κ1) is 14.0. The zero-order chi connectivity index (χ0) is 14.5. The molecule has 104 valence electrons. The zero-order valence-electron chi connectivity index (χ0n) is 10.4. The topological polar surface area (TPSA) is 92.5 Å². The summed E-state index contributed by atoms with van der Waals surface area (Å²) in [7, 11) is 0. The van der Waals surface area contributed by atoms with E-state index in [1.807, 2.05) is 16.8 Å². The summed E-state index contributed by atoms with van der Waals surface area (Å²) >= 11 is 1.59. The lowest BCUT2D eigenvalue weighted by molar-refractivity contribution is -0.384. The van der Waals surface area contributed by atoms with Crippen LogP contribution in [0.15, 0.2) is 35.0 Å². The summed E-state index contributed by atoms with van der Waals surface area (Å²) in [6.07, 6.45) is 0.720. The number of hydrogen-bond donors (Lipinski definition) is 2. The molecule has 0 aliphatic carbocycles. The number of carboxylic acid groups (broad SMARTS) is 1. The molecule has 0 aliphatic rings. The van der Waals surface area contributed by atoms with Crippen molar-refractivity contribution in [2.75, 3.05) is 11.9 Å². The van der Waals surface area contributed by atoms with Crippen molar-refractivity contribution in [3.63, 3.8) is 0 Å². The Kier molecular flexibility index (Phi) is 4.31. The maximum atomic E-state index is 11.0. The van der Waals surface area contributed by atoms with Gasteiger partial charge in [-0.15, -0.1) is 0 Å². The number of nitrogens with one attached hydrogen (secondary N) is 1. The monoisotopic (exact) mass is 292 g/mol. The number of aromatic carboxylic acids is 1. The molecule has 0 spiro atoms. The smallest absolute Gasteiger partial charge is 0.342 e. The van der Waals surface area contributed by atoms with Crippen LogP contribution in [-0.4, -0.2) is 22.5 Å². The fraction of sp³-hybridized carbons (Fsp3) is 0.154. The Morgan fingerprint density at radius 3 is 2.80 bits per heavy atom. The van der Waals surface area contributed by atoms with Gasteiger partial charge in [0.1, 0.15) is 11.3 Å². The number of anilines is 1. The predicted molar refractivity (Wildman–Crippen MR) is 76.6 cm³/mol. The van der Waals surface area contributed by atoms with Crippen molar-refractivity contribution in [1.82, 2.24) is 0 Å². The van der Waals surface area contributed by atoms with E-state index in [-0.39, 0.29) is 11.3 Å². The molecule has 0 fully saturated rings. The highest BCUT2D eigenvalue weighted by Crippen LogP contribution is 2.28. The third kappa shape index (κ3) is 3.12. The van der Waals surface area contributed by atoms with E-state index in [4.69, 9.17) is 5.11 Å². The van der Waals surface area contributed by atoms with Crippen LogP contribution in [0.2, 0.25) is 0 Å². The summed E-state index contributed by atoms with van der Waals surface area (Å²) in [5.41, 5.74) is 0.658. The molecule has 0 atom stereocenters. The minimum absolute atomic E-state index is 0.227. The summed E-state index contributed by atoms with van der Waals surface area (Å²) < 4.78 is 0. The largest absolute Gasteiger partial charge is 0.477 e. The molecule has 0 bridgehead atoms. The van der Waals surface area contributed by atoms with Gasteiger partial charge in [-0.05, 0) is 40.9 Å². The van der Waals surface area contributed by atoms with E-state index in [2.05, 4.69) is 5.32 Å². The molecule has 0 radical (unpaired) electrons. The van der Waals surface area contributed by atoms with Crippen molar-refractivity contribution in [3.05, 3.63) is 56.3 Å². The van der Waals surface area contributed by atoms with Crippen LogP contribution in [-0.2, 0) is 6.42 Å². The van der Waals surface area contributed by atoms with Gasteiger partial charge in [0.25, 0.3) is 0 Å². The Balaban J connectivity index is 2.16. The number of rotatable bonds is 6. The molecule has 2 rings (SSSR count). The molecule has 1 aromatic heterocycles. The molecule has 6 nitrogen and oxygen atoms in total. The molecular weight excluding hydrogens is 280 g/mol. The summed E-state index contributed by atoms with van der Waals surface area (Å²) in [6.45, 7) is 0.501. The lowest BCUT2D eigenvalue weighted by Crippen LogP contribution is -2.10. The van der Waals surface area contributed by atoms with E-state index >= 15 is 0 Å². The number of nitro groups is 1. The number of benzene rings is 1. The second-order valence-corrected chi connectivity index (χ2v) is 4.85. The Morgan fingerprint density at radius 1 is 1.40 bits per heavy atom. The van der Waals surface area contributed by atoms with Crippen molar-refractivity contribution in [1.29, 1.82) is 0 Å². The highest BCUT2D eigenvalue weighted by atomic mass is 32.1. The molecule has 2 aromatic rings. The van der Waals surface area contributed by atoms with Gasteiger partial charge in [0, 0.05) is 6.54 Å². The summed E-state index contributed by atoms with van der Waals surface area (Å²) in [5.74, 6) is -1.31. The van der Waals surface area contributed by atoms with Crippen LogP contribution < -0.4 is 5.32 Å². The summed E-state index contributed by atoms with van der Waals surface area (Å²) in [6, 6.07) is 6.21. The number of para-hydroxylation sites is 1. The molecule has 0 saturated heterocycles. The fourth-order valence-electron chi connectivity index (χ4n) is 1.83. The van der Waals surface area contributed by atoms with Gasteiger partial charge in [0.05, 0.1) is 4.92 Å². The number of carboxylic acids is 1. The van der Waals surface area contributed by atoms with Crippen molar-refractivity contribution >= 4 is 28.7 Å². The number of carbonyl (C=O) groups is 1. The first-order valence-corrected chi connectivity index (χ1v) is 6.79. The lowest BCUT2D eigenvalue weighted by atomic mass is 10.1. The van der Waals surface area contributed by atoms with E-state index in [1.165, 1.54) is 18.2 Å². The van der Waals surface area contributed by atoms with Crippen LogP contribution in [0.1, 0.15) is 15.9 Å². The minimum atomic E-state index is -1.31. The van der Waals surface area contributed by atoms with Crippen LogP contribution >= 0.6 is 11.3 Å². The standard InChI is InChI=1S/C13H12N2O4S/c16-13(17)10-2-1-3-11(12(10)15(18)19)14-6-4-9-5-7-20-8-9/h1-3,5,7-8,14H,4,6H2,(H,16,17). The van der Waals surface area contributed by atoms with Gasteiger partial charge >= 0.3 is 11.7 Å². The Bertz CT molecular complexity index is 625. The van der Waals surface area contributed by atoms with Gasteiger partial charge in [0.2, 0.25) is 0 Å². The van der Waals surface area contributed by atoms with Gasteiger partial charge < -0.3 is 10.4 Å². The molecular formula is C13H12N2O4S. The van der Waals surface area contributed by atoms with Crippen LogP contribution in [0.4, 0.5) is 11.4 Å². The molecule has 7 heteroatoms. The molecule has 0 aliphatic heterocycles. The molecule has 1 aromatic carbocycles. The molecule has 1 heterocycles. The molecule has 0 saturated carbocycles. The number of hydrogen-bond acceptors (Lipinski definition) is 5. The van der Waals surface area contributed by atoms with E-state index in [0.717, 1.165) is 12.0 Å². The average Bonchev–Trinajstić information content (AvgIpc) is 2.91. The summed E-state index contributed by atoms with van der Waals surface area (Å²) in [5, 5.41) is 26.9. The highest BCUT2D eigenvalue weighted by molar-refractivity contribution is 7.07. The van der Waals surface area contributed by atoms with Gasteiger partial charge in [0.15, 0.2) is 0 Å². The minimum Gasteiger partial charge on any atom is -0.477 e. The van der Waals surface area contributed by atoms with Crippen molar-refractivity contribution < 1.29 is 14.8 Å². The third-order valence-electron chi connectivity index (χ3n) is 2.76. The lowest BCUT2D eigenvalue weighted by Gasteiger charge is -2.08. The van der Waals surface area contributed by atoms with E-state index in [9.17, 15) is 14.9 Å². The maximum Gasteiger partial charge on any atom is 0.342 e. The van der Waals surface area contributed by atoms with Crippen molar-refractivity contribution in [2.24, 2.45) is 0 Å². The first-order chi connectivity index (χ1) is 9.59. The van der Waals surface area contributed by atoms with Gasteiger partial charge in [-0.1, -0.05) is 6.07 Å². The van der Waals surface area contributed by atoms with Crippen LogP contribution in [0, 0.1) is 10.1 Å². The molecule has 20 heavy (non-hydrogen) atoms. The van der Waals surface area contributed by atoms with Crippen LogP contribution in [0.5, 0.6) is 0 Å². The van der Waals surface area contributed by atoms with Crippen LogP contribution in [0.3, 0.4) is 0 Å². The quantitative estimate of drug-likeness (QED) is 0.630. The maximum absolute atomic E-state index is 11.0. The average molecular weight is 292 g/mol. The highest BCUT2D eigenvalue weighted by Gasteiger charge is 2.23. The second-order valence-electron chi connectivity index (χ2n) is 4.07. The Hall–Kier alpha value is -2.41. The van der Waals surface area contributed by atoms with Gasteiger partial charge in [-0.2, -0.15) is 11.3 Å². The number of thiophene rings is 1. The van der Waals surface area contributed by atoms with Crippen molar-refractivity contribution in [3.8, 4) is 0 Å². The number of nitro benzene ring substituents is 1. The SMILES string of the molecule is O=C(O)c1cccc(NCCc2ccsc2)c1[N+](=O)[O-]. The third-order valence-corrected chi connectivity index (χ3v) is 3.49. The fourth-order valence-corrected chi connectivity index (χ4v) is 2.53. The normalized spacial score (nSPS) is 10.2. The zero-order valence-corrected chi connectivity index (χ0v) is 11.2. The second kappa shape index (κ2) is 6.16. The van der Waals surface area contributed by atoms with Gasteiger partial charge in [-0.25, -0.2) is 4.79 Å². The van der Waals surface area contributed by atoms with E-state index < -0.39 is 16.6 Å².